The Morgan fingerprint density at radius 3 is 2.60 bits per heavy atom. The summed E-state index contributed by atoms with van der Waals surface area (Å²) in [6, 6.07) is 7.64. The molecule has 1 N–H and O–H groups in total. The van der Waals surface area contributed by atoms with Gasteiger partial charge in [-0.3, -0.25) is 4.68 Å². The highest BCUT2D eigenvalue weighted by Gasteiger charge is 2.15. The van der Waals surface area contributed by atoms with Crippen LogP contribution in [-0.4, -0.2) is 26.7 Å². The molecule has 1 heterocycles. The first-order valence-corrected chi connectivity index (χ1v) is 8.37. The molecule has 3 nitrogen and oxygen atoms in total. The SMILES string of the molecule is Cc1nn(C)c(CC(O)CSc2ccc(Cl)cc2)c1Br. The summed E-state index contributed by atoms with van der Waals surface area (Å²) in [5.41, 5.74) is 1.96. The van der Waals surface area contributed by atoms with Gasteiger partial charge in [-0.2, -0.15) is 5.10 Å². The standard InChI is InChI=1S/C14H16BrClN2OS/c1-9-14(15)13(18(2)17-9)7-11(19)8-20-12-5-3-10(16)4-6-12/h3-6,11,19H,7-8H2,1-2H3. The molecule has 0 fully saturated rings. The number of halogens is 2. The Morgan fingerprint density at radius 1 is 1.40 bits per heavy atom. The number of benzene rings is 1. The number of aryl methyl sites for hydroxylation is 2. The van der Waals surface area contributed by atoms with E-state index in [2.05, 4.69) is 21.0 Å². The molecule has 1 atom stereocenters. The Labute approximate surface area is 136 Å². The molecule has 2 rings (SSSR count). The summed E-state index contributed by atoms with van der Waals surface area (Å²) < 4.78 is 2.80. The lowest BCUT2D eigenvalue weighted by Crippen LogP contribution is -2.16. The maximum atomic E-state index is 10.2. The third kappa shape index (κ3) is 4.01. The highest BCUT2D eigenvalue weighted by atomic mass is 79.9. The first kappa shape index (κ1) is 15.9. The normalized spacial score (nSPS) is 12.7. The van der Waals surface area contributed by atoms with Gasteiger partial charge in [0.2, 0.25) is 0 Å². The van der Waals surface area contributed by atoms with Crippen molar-refractivity contribution in [3.05, 3.63) is 45.1 Å². The first-order chi connectivity index (χ1) is 9.47. The Bertz CT molecular complexity index is 586. The lowest BCUT2D eigenvalue weighted by atomic mass is 10.2. The van der Waals surface area contributed by atoms with Crippen molar-refractivity contribution >= 4 is 39.3 Å². The van der Waals surface area contributed by atoms with E-state index < -0.39 is 6.10 Å². The predicted molar refractivity (Wildman–Crippen MR) is 87.5 cm³/mol. The molecule has 20 heavy (non-hydrogen) atoms. The molecule has 108 valence electrons. The summed E-state index contributed by atoms with van der Waals surface area (Å²) in [5, 5.41) is 15.2. The summed E-state index contributed by atoms with van der Waals surface area (Å²) in [5.74, 6) is 0.637. The quantitative estimate of drug-likeness (QED) is 0.807. The summed E-state index contributed by atoms with van der Waals surface area (Å²) in [6.45, 7) is 1.95. The van der Waals surface area contributed by atoms with Crippen LogP contribution in [0.4, 0.5) is 0 Å². The third-order valence-electron chi connectivity index (χ3n) is 2.95. The van der Waals surface area contributed by atoms with Crippen LogP contribution in [0.15, 0.2) is 33.6 Å². The molecule has 1 unspecified atom stereocenters. The number of thioether (sulfide) groups is 1. The van der Waals surface area contributed by atoms with Gasteiger partial charge in [0.1, 0.15) is 0 Å². The largest absolute Gasteiger partial charge is 0.392 e. The average Bonchev–Trinajstić information content (AvgIpc) is 2.65. The van der Waals surface area contributed by atoms with Crippen LogP contribution in [0.2, 0.25) is 5.02 Å². The third-order valence-corrected chi connectivity index (χ3v) is 5.39. The summed E-state index contributed by atoms with van der Waals surface area (Å²) in [6.07, 6.45) is 0.167. The second kappa shape index (κ2) is 6.98. The second-order valence-corrected chi connectivity index (χ2v) is 6.92. The van der Waals surface area contributed by atoms with Crippen LogP contribution < -0.4 is 0 Å². The van der Waals surface area contributed by atoms with E-state index in [0.717, 1.165) is 25.8 Å². The number of hydrogen-bond acceptors (Lipinski definition) is 3. The van der Waals surface area contributed by atoms with E-state index in [4.69, 9.17) is 11.6 Å². The fourth-order valence-corrected chi connectivity index (χ4v) is 3.36. The van der Waals surface area contributed by atoms with E-state index in [0.29, 0.717) is 12.2 Å². The minimum Gasteiger partial charge on any atom is -0.392 e. The van der Waals surface area contributed by atoms with E-state index in [1.54, 1.807) is 11.8 Å². The van der Waals surface area contributed by atoms with Gasteiger partial charge in [0.15, 0.2) is 0 Å². The van der Waals surface area contributed by atoms with E-state index in [9.17, 15) is 5.11 Å². The molecule has 0 aliphatic heterocycles. The highest BCUT2D eigenvalue weighted by molar-refractivity contribution is 9.10. The van der Waals surface area contributed by atoms with Crippen molar-refractivity contribution in [2.24, 2.45) is 7.05 Å². The monoisotopic (exact) mass is 374 g/mol. The molecule has 2 aromatic rings. The van der Waals surface area contributed by atoms with Crippen molar-refractivity contribution in [3.63, 3.8) is 0 Å². The Balaban J connectivity index is 1.92. The zero-order valence-electron chi connectivity index (χ0n) is 11.3. The van der Waals surface area contributed by atoms with E-state index in [1.807, 2.05) is 42.9 Å². The predicted octanol–water partition coefficient (Wildman–Crippen LogP) is 3.84. The van der Waals surface area contributed by atoms with Gasteiger partial charge >= 0.3 is 0 Å². The van der Waals surface area contributed by atoms with Crippen LogP contribution in [0.5, 0.6) is 0 Å². The smallest absolute Gasteiger partial charge is 0.0738 e. The van der Waals surface area contributed by atoms with Crippen LogP contribution in [0.25, 0.3) is 0 Å². The Kier molecular flexibility index (Phi) is 5.55. The number of aliphatic hydroxyl groups is 1. The van der Waals surface area contributed by atoms with Crippen LogP contribution >= 0.6 is 39.3 Å². The number of aromatic nitrogens is 2. The molecule has 6 heteroatoms. The molecule has 0 saturated heterocycles. The average molecular weight is 376 g/mol. The fourth-order valence-electron chi connectivity index (χ4n) is 1.91. The number of aliphatic hydroxyl groups excluding tert-OH is 1. The van der Waals surface area contributed by atoms with Crippen molar-refractivity contribution in [3.8, 4) is 0 Å². The van der Waals surface area contributed by atoms with Gasteiger partial charge in [0.05, 0.1) is 22.0 Å². The first-order valence-electron chi connectivity index (χ1n) is 6.21. The Hall–Kier alpha value is -0.490. The molecule has 1 aromatic heterocycles. The summed E-state index contributed by atoms with van der Waals surface area (Å²) >= 11 is 11.0. The van der Waals surface area contributed by atoms with Gasteiger partial charge in [-0.15, -0.1) is 11.8 Å². The van der Waals surface area contributed by atoms with Crippen LogP contribution in [0.3, 0.4) is 0 Å². The van der Waals surface area contributed by atoms with Crippen LogP contribution in [-0.2, 0) is 13.5 Å². The zero-order valence-corrected chi connectivity index (χ0v) is 14.5. The van der Waals surface area contributed by atoms with Crippen LogP contribution in [0.1, 0.15) is 11.4 Å². The molecule has 0 spiro atoms. The summed E-state index contributed by atoms with van der Waals surface area (Å²) in [7, 11) is 1.89. The zero-order chi connectivity index (χ0) is 14.7. The van der Waals surface area contributed by atoms with Gasteiger partial charge in [-0.25, -0.2) is 0 Å². The molecule has 1 aromatic carbocycles. The van der Waals surface area contributed by atoms with E-state index in [1.165, 1.54) is 0 Å². The minimum atomic E-state index is -0.415. The molecule has 0 amide bonds. The van der Waals surface area contributed by atoms with Crippen molar-refractivity contribution < 1.29 is 5.11 Å². The maximum Gasteiger partial charge on any atom is 0.0738 e. The number of rotatable bonds is 5. The molecular weight excluding hydrogens is 360 g/mol. The van der Waals surface area contributed by atoms with E-state index in [-0.39, 0.29) is 0 Å². The van der Waals surface area contributed by atoms with Gasteiger partial charge < -0.3 is 5.11 Å². The number of hydrogen-bond donors (Lipinski definition) is 1. The minimum absolute atomic E-state index is 0.415. The fraction of sp³-hybridized carbons (Fsp3) is 0.357. The van der Waals surface area contributed by atoms with Crippen molar-refractivity contribution in [1.29, 1.82) is 0 Å². The van der Waals surface area contributed by atoms with Gasteiger partial charge in [0.25, 0.3) is 0 Å². The lowest BCUT2D eigenvalue weighted by molar-refractivity contribution is 0.197. The van der Waals surface area contributed by atoms with Crippen molar-refractivity contribution in [2.75, 3.05) is 5.75 Å². The molecular formula is C14H16BrClN2OS. The van der Waals surface area contributed by atoms with Gasteiger partial charge in [-0.1, -0.05) is 11.6 Å². The van der Waals surface area contributed by atoms with Crippen LogP contribution in [0, 0.1) is 6.92 Å². The second-order valence-electron chi connectivity index (χ2n) is 4.59. The number of nitrogens with zero attached hydrogens (tertiary/aromatic N) is 2. The highest BCUT2D eigenvalue weighted by Crippen LogP contribution is 2.24. The maximum absolute atomic E-state index is 10.2. The molecule has 0 bridgehead atoms. The van der Waals surface area contributed by atoms with E-state index >= 15 is 0 Å². The van der Waals surface area contributed by atoms with Crippen molar-refractivity contribution in [2.45, 2.75) is 24.3 Å². The molecule has 0 aliphatic rings. The van der Waals surface area contributed by atoms with Gasteiger partial charge in [0, 0.05) is 29.1 Å². The summed E-state index contributed by atoms with van der Waals surface area (Å²) in [4.78, 5) is 1.11. The lowest BCUT2D eigenvalue weighted by Gasteiger charge is -2.11. The molecule has 0 saturated carbocycles. The molecule has 0 aliphatic carbocycles. The van der Waals surface area contributed by atoms with Gasteiger partial charge in [-0.05, 0) is 47.1 Å². The molecule has 0 radical (unpaired) electrons. The van der Waals surface area contributed by atoms with Crippen molar-refractivity contribution in [1.82, 2.24) is 9.78 Å². The topological polar surface area (TPSA) is 38.0 Å². The Morgan fingerprint density at radius 2 is 2.05 bits per heavy atom.